The highest BCUT2D eigenvalue weighted by Crippen LogP contribution is 2.29. The molecule has 1 aromatic carbocycles. The Morgan fingerprint density at radius 1 is 1.32 bits per heavy atom. The molecule has 0 heterocycles. The minimum atomic E-state index is -0.470. The molecular formula is C14H22N2O3. The lowest BCUT2D eigenvalue weighted by Gasteiger charge is -2.18. The molecule has 5 nitrogen and oxygen atoms in total. The molecule has 1 rings (SSSR count). The maximum Gasteiger partial charge on any atom is 0.237 e. The molecule has 1 amide bonds. The van der Waals surface area contributed by atoms with Crippen LogP contribution in [0.2, 0.25) is 0 Å². The lowest BCUT2D eigenvalue weighted by Crippen LogP contribution is -2.41. The van der Waals surface area contributed by atoms with Gasteiger partial charge >= 0.3 is 0 Å². The number of benzene rings is 1. The lowest BCUT2D eigenvalue weighted by molar-refractivity contribution is -0.123. The summed E-state index contributed by atoms with van der Waals surface area (Å²) in [5.41, 5.74) is 6.63. The minimum absolute atomic E-state index is 0.134. The molecule has 0 spiro atoms. The Labute approximate surface area is 114 Å². The standard InChI is InChI=1S/C14H22N2O3/c1-5-11(15)14(17)16-9(2)10-6-7-12(18-3)13(8-10)19-4/h6-9,11H,5,15H2,1-4H3,(H,16,17)/t9?,11-/m0/s1. The smallest absolute Gasteiger partial charge is 0.237 e. The van der Waals surface area contributed by atoms with Crippen LogP contribution in [-0.4, -0.2) is 26.2 Å². The quantitative estimate of drug-likeness (QED) is 0.820. The number of nitrogens with one attached hydrogen (secondary N) is 1. The molecule has 1 aromatic rings. The summed E-state index contributed by atoms with van der Waals surface area (Å²) in [6.07, 6.45) is 0.616. The van der Waals surface area contributed by atoms with Crippen molar-refractivity contribution in [1.29, 1.82) is 0 Å². The van der Waals surface area contributed by atoms with Crippen molar-refractivity contribution in [3.8, 4) is 11.5 Å². The topological polar surface area (TPSA) is 73.6 Å². The molecule has 19 heavy (non-hydrogen) atoms. The molecule has 0 radical (unpaired) electrons. The van der Waals surface area contributed by atoms with Crippen LogP contribution < -0.4 is 20.5 Å². The Hall–Kier alpha value is -1.75. The average molecular weight is 266 g/mol. The molecule has 0 fully saturated rings. The average Bonchev–Trinajstić information content (AvgIpc) is 2.45. The van der Waals surface area contributed by atoms with E-state index in [1.807, 2.05) is 32.0 Å². The molecular weight excluding hydrogens is 244 g/mol. The van der Waals surface area contributed by atoms with Crippen molar-refractivity contribution in [3.63, 3.8) is 0 Å². The first kappa shape index (κ1) is 15.3. The third-order valence-electron chi connectivity index (χ3n) is 3.04. The van der Waals surface area contributed by atoms with Gasteiger partial charge in [0.05, 0.1) is 26.3 Å². The van der Waals surface area contributed by atoms with E-state index >= 15 is 0 Å². The number of hydrogen-bond donors (Lipinski definition) is 2. The van der Waals surface area contributed by atoms with Crippen LogP contribution in [0.1, 0.15) is 31.9 Å². The second kappa shape index (κ2) is 6.99. The first-order valence-electron chi connectivity index (χ1n) is 6.31. The zero-order chi connectivity index (χ0) is 14.4. The second-order valence-corrected chi connectivity index (χ2v) is 4.36. The van der Waals surface area contributed by atoms with Gasteiger partial charge in [0, 0.05) is 0 Å². The molecule has 0 saturated heterocycles. The van der Waals surface area contributed by atoms with Gasteiger partial charge in [-0.15, -0.1) is 0 Å². The summed E-state index contributed by atoms with van der Waals surface area (Å²) in [6.45, 7) is 3.78. The van der Waals surface area contributed by atoms with Crippen LogP contribution in [0, 0.1) is 0 Å². The van der Waals surface area contributed by atoms with Crippen molar-refractivity contribution >= 4 is 5.91 Å². The van der Waals surface area contributed by atoms with Crippen LogP contribution in [-0.2, 0) is 4.79 Å². The van der Waals surface area contributed by atoms with Crippen molar-refractivity contribution in [3.05, 3.63) is 23.8 Å². The van der Waals surface area contributed by atoms with Gasteiger partial charge in [0.2, 0.25) is 5.91 Å². The largest absolute Gasteiger partial charge is 0.493 e. The van der Waals surface area contributed by atoms with Crippen molar-refractivity contribution in [1.82, 2.24) is 5.32 Å². The van der Waals surface area contributed by atoms with Gasteiger partial charge in [-0.3, -0.25) is 4.79 Å². The molecule has 5 heteroatoms. The Kier molecular flexibility index (Phi) is 5.63. The van der Waals surface area contributed by atoms with Crippen molar-refractivity contribution in [2.45, 2.75) is 32.4 Å². The van der Waals surface area contributed by atoms with Crippen molar-refractivity contribution in [2.24, 2.45) is 5.73 Å². The fourth-order valence-electron chi connectivity index (χ4n) is 1.71. The fraction of sp³-hybridized carbons (Fsp3) is 0.500. The third kappa shape index (κ3) is 3.86. The van der Waals surface area contributed by atoms with E-state index in [0.717, 1.165) is 5.56 Å². The first-order chi connectivity index (χ1) is 9.03. The van der Waals surface area contributed by atoms with Crippen LogP contribution in [0.25, 0.3) is 0 Å². The summed E-state index contributed by atoms with van der Waals surface area (Å²) < 4.78 is 10.4. The summed E-state index contributed by atoms with van der Waals surface area (Å²) in [6, 6.07) is 4.95. The van der Waals surface area contributed by atoms with Gasteiger partial charge in [-0.1, -0.05) is 13.0 Å². The maximum absolute atomic E-state index is 11.7. The van der Waals surface area contributed by atoms with E-state index in [4.69, 9.17) is 15.2 Å². The molecule has 0 aliphatic carbocycles. The molecule has 106 valence electrons. The number of hydrogen-bond acceptors (Lipinski definition) is 4. The Morgan fingerprint density at radius 3 is 2.47 bits per heavy atom. The number of carbonyl (C=O) groups is 1. The van der Waals surface area contributed by atoms with Gasteiger partial charge in [0.1, 0.15) is 0 Å². The fourth-order valence-corrected chi connectivity index (χ4v) is 1.71. The predicted octanol–water partition coefficient (Wildman–Crippen LogP) is 1.62. The van der Waals surface area contributed by atoms with E-state index in [9.17, 15) is 4.79 Å². The SMILES string of the molecule is CC[C@H](N)C(=O)NC(C)c1ccc(OC)c(OC)c1. The number of carbonyl (C=O) groups excluding carboxylic acids is 1. The van der Waals surface area contributed by atoms with Gasteiger partial charge in [-0.25, -0.2) is 0 Å². The van der Waals surface area contributed by atoms with Crippen molar-refractivity contribution in [2.75, 3.05) is 14.2 Å². The number of rotatable bonds is 6. The van der Waals surface area contributed by atoms with Crippen LogP contribution in [0.5, 0.6) is 11.5 Å². The molecule has 2 atom stereocenters. The highest BCUT2D eigenvalue weighted by molar-refractivity contribution is 5.81. The first-order valence-corrected chi connectivity index (χ1v) is 6.31. The van der Waals surface area contributed by atoms with E-state index < -0.39 is 6.04 Å². The van der Waals surface area contributed by atoms with Gasteiger partial charge in [0.15, 0.2) is 11.5 Å². The zero-order valence-electron chi connectivity index (χ0n) is 11.9. The van der Waals surface area contributed by atoms with Crippen LogP contribution in [0.3, 0.4) is 0 Å². The molecule has 0 aliphatic heterocycles. The van der Waals surface area contributed by atoms with E-state index in [-0.39, 0.29) is 11.9 Å². The molecule has 0 aliphatic rings. The number of nitrogens with two attached hydrogens (primary N) is 1. The molecule has 3 N–H and O–H groups in total. The summed E-state index contributed by atoms with van der Waals surface area (Å²) in [5, 5.41) is 2.88. The summed E-state index contributed by atoms with van der Waals surface area (Å²) in [7, 11) is 3.17. The number of methoxy groups -OCH3 is 2. The summed E-state index contributed by atoms with van der Waals surface area (Å²) in [4.78, 5) is 11.7. The van der Waals surface area contributed by atoms with E-state index in [0.29, 0.717) is 17.9 Å². The lowest BCUT2D eigenvalue weighted by atomic mass is 10.1. The van der Waals surface area contributed by atoms with Crippen LogP contribution >= 0.6 is 0 Å². The number of amides is 1. The Bertz CT molecular complexity index is 435. The van der Waals surface area contributed by atoms with Gasteiger partial charge < -0.3 is 20.5 Å². The monoisotopic (exact) mass is 266 g/mol. The third-order valence-corrected chi connectivity index (χ3v) is 3.04. The summed E-state index contributed by atoms with van der Waals surface area (Å²) >= 11 is 0. The minimum Gasteiger partial charge on any atom is -0.493 e. The van der Waals surface area contributed by atoms with E-state index in [1.165, 1.54) is 0 Å². The van der Waals surface area contributed by atoms with Gasteiger partial charge in [-0.2, -0.15) is 0 Å². The second-order valence-electron chi connectivity index (χ2n) is 4.36. The molecule has 0 bridgehead atoms. The van der Waals surface area contributed by atoms with Crippen LogP contribution in [0.4, 0.5) is 0 Å². The van der Waals surface area contributed by atoms with E-state index in [2.05, 4.69) is 5.32 Å². The predicted molar refractivity (Wildman–Crippen MR) is 74.4 cm³/mol. The zero-order valence-corrected chi connectivity index (χ0v) is 11.9. The van der Waals surface area contributed by atoms with Crippen LogP contribution in [0.15, 0.2) is 18.2 Å². The molecule has 1 unspecified atom stereocenters. The van der Waals surface area contributed by atoms with Gasteiger partial charge in [-0.05, 0) is 31.0 Å². The maximum atomic E-state index is 11.7. The highest BCUT2D eigenvalue weighted by Gasteiger charge is 2.16. The van der Waals surface area contributed by atoms with E-state index in [1.54, 1.807) is 14.2 Å². The highest BCUT2D eigenvalue weighted by atomic mass is 16.5. The normalized spacial score (nSPS) is 13.5. The van der Waals surface area contributed by atoms with Gasteiger partial charge in [0.25, 0.3) is 0 Å². The molecule has 0 aromatic heterocycles. The molecule has 0 saturated carbocycles. The Morgan fingerprint density at radius 2 is 1.95 bits per heavy atom. The summed E-state index contributed by atoms with van der Waals surface area (Å²) in [5.74, 6) is 1.15. The Balaban J connectivity index is 2.82. The van der Waals surface area contributed by atoms with Crippen molar-refractivity contribution < 1.29 is 14.3 Å². The number of ether oxygens (including phenoxy) is 2.